The molecule has 0 spiro atoms. The standard InChI is InChI=1S/C17H16BrNO2/c1-2-19-16-5-3-12(9-18)7-14(16)15-8-13(10-21-11-20)4-6-17(15)19/h3-8,11H,2,9-10H2,1H3. The molecule has 3 rings (SSSR count). The van der Waals surface area contributed by atoms with Crippen LogP contribution in [0.2, 0.25) is 0 Å². The van der Waals surface area contributed by atoms with Gasteiger partial charge in [0.05, 0.1) is 0 Å². The second-order valence-corrected chi connectivity index (χ2v) is 5.55. The second kappa shape index (κ2) is 5.90. The zero-order valence-corrected chi connectivity index (χ0v) is 13.4. The number of alkyl halides is 1. The highest BCUT2D eigenvalue weighted by molar-refractivity contribution is 9.08. The highest BCUT2D eigenvalue weighted by Gasteiger charge is 2.10. The first-order chi connectivity index (χ1) is 10.3. The van der Waals surface area contributed by atoms with E-state index >= 15 is 0 Å². The van der Waals surface area contributed by atoms with Crippen molar-refractivity contribution in [2.45, 2.75) is 25.4 Å². The molecular weight excluding hydrogens is 330 g/mol. The number of hydrogen-bond acceptors (Lipinski definition) is 2. The first kappa shape index (κ1) is 14.1. The number of rotatable bonds is 5. The van der Waals surface area contributed by atoms with Crippen LogP contribution >= 0.6 is 15.9 Å². The number of carbonyl (C=O) groups excluding carboxylic acids is 1. The number of aromatic nitrogens is 1. The van der Waals surface area contributed by atoms with Crippen molar-refractivity contribution < 1.29 is 9.53 Å². The van der Waals surface area contributed by atoms with Crippen LogP contribution in [0.25, 0.3) is 21.8 Å². The maximum atomic E-state index is 10.4. The lowest BCUT2D eigenvalue weighted by Crippen LogP contribution is -1.94. The van der Waals surface area contributed by atoms with E-state index in [2.05, 4.69) is 57.8 Å². The van der Waals surface area contributed by atoms with Crippen LogP contribution < -0.4 is 0 Å². The Labute approximate surface area is 131 Å². The smallest absolute Gasteiger partial charge is 0.293 e. The number of benzene rings is 2. The Morgan fingerprint density at radius 3 is 2.29 bits per heavy atom. The third-order valence-corrected chi connectivity index (χ3v) is 4.43. The molecule has 0 unspecified atom stereocenters. The third-order valence-electron chi connectivity index (χ3n) is 3.78. The molecule has 3 aromatic rings. The lowest BCUT2D eigenvalue weighted by Gasteiger charge is -2.04. The van der Waals surface area contributed by atoms with Crippen LogP contribution in [0.15, 0.2) is 36.4 Å². The van der Waals surface area contributed by atoms with Crippen LogP contribution in [0.3, 0.4) is 0 Å². The van der Waals surface area contributed by atoms with Gasteiger partial charge in [-0.3, -0.25) is 4.79 Å². The van der Waals surface area contributed by atoms with E-state index in [0.717, 1.165) is 17.4 Å². The van der Waals surface area contributed by atoms with E-state index in [0.29, 0.717) is 13.1 Å². The van der Waals surface area contributed by atoms with Crippen LogP contribution in [-0.4, -0.2) is 11.0 Å². The summed E-state index contributed by atoms with van der Waals surface area (Å²) in [4.78, 5) is 10.4. The number of nitrogens with zero attached hydrogens (tertiary/aromatic N) is 1. The fourth-order valence-electron chi connectivity index (χ4n) is 2.84. The van der Waals surface area contributed by atoms with Gasteiger partial charge in [-0.25, -0.2) is 0 Å². The van der Waals surface area contributed by atoms with E-state index < -0.39 is 0 Å². The summed E-state index contributed by atoms with van der Waals surface area (Å²) in [6, 6.07) is 12.8. The molecule has 0 saturated carbocycles. The Bertz CT molecular complexity index is 807. The van der Waals surface area contributed by atoms with Crippen molar-refractivity contribution in [2.24, 2.45) is 0 Å². The normalized spacial score (nSPS) is 11.1. The van der Waals surface area contributed by atoms with Crippen molar-refractivity contribution >= 4 is 44.2 Å². The van der Waals surface area contributed by atoms with E-state index in [9.17, 15) is 4.79 Å². The fraction of sp³-hybridized carbons (Fsp3) is 0.235. The molecule has 2 aromatic carbocycles. The minimum absolute atomic E-state index is 0.316. The Hall–Kier alpha value is -1.81. The Balaban J connectivity index is 2.27. The maximum Gasteiger partial charge on any atom is 0.293 e. The van der Waals surface area contributed by atoms with Crippen molar-refractivity contribution in [1.82, 2.24) is 4.57 Å². The predicted molar refractivity (Wildman–Crippen MR) is 88.6 cm³/mol. The zero-order chi connectivity index (χ0) is 14.8. The van der Waals surface area contributed by atoms with Gasteiger partial charge in [0, 0.05) is 33.7 Å². The summed E-state index contributed by atoms with van der Waals surface area (Å²) in [5, 5.41) is 3.30. The molecule has 0 aliphatic carbocycles. The number of carbonyl (C=O) groups is 1. The molecule has 0 fully saturated rings. The summed E-state index contributed by atoms with van der Waals surface area (Å²) in [5.74, 6) is 0. The van der Waals surface area contributed by atoms with Crippen molar-refractivity contribution in [1.29, 1.82) is 0 Å². The van der Waals surface area contributed by atoms with Gasteiger partial charge in [-0.15, -0.1) is 0 Å². The molecule has 108 valence electrons. The first-order valence-electron chi connectivity index (χ1n) is 6.93. The topological polar surface area (TPSA) is 31.2 Å². The van der Waals surface area contributed by atoms with Gasteiger partial charge >= 0.3 is 0 Å². The Morgan fingerprint density at radius 1 is 1.10 bits per heavy atom. The van der Waals surface area contributed by atoms with Gasteiger partial charge in [-0.05, 0) is 42.3 Å². The third kappa shape index (κ3) is 2.44. The number of ether oxygens (including phenoxy) is 1. The number of hydrogen-bond donors (Lipinski definition) is 0. The molecule has 1 heterocycles. The summed E-state index contributed by atoms with van der Waals surface area (Å²) in [7, 11) is 0. The summed E-state index contributed by atoms with van der Waals surface area (Å²) >= 11 is 3.51. The fourth-order valence-corrected chi connectivity index (χ4v) is 3.19. The molecule has 0 atom stereocenters. The summed E-state index contributed by atoms with van der Waals surface area (Å²) in [6.45, 7) is 3.89. The molecule has 0 N–H and O–H groups in total. The molecule has 0 bridgehead atoms. The molecule has 21 heavy (non-hydrogen) atoms. The second-order valence-electron chi connectivity index (χ2n) is 4.99. The van der Waals surface area contributed by atoms with Crippen LogP contribution in [0.5, 0.6) is 0 Å². The molecule has 3 nitrogen and oxygen atoms in total. The van der Waals surface area contributed by atoms with Crippen molar-refractivity contribution in [2.75, 3.05) is 0 Å². The van der Waals surface area contributed by atoms with Gasteiger partial charge in [0.1, 0.15) is 6.61 Å². The van der Waals surface area contributed by atoms with Crippen molar-refractivity contribution in [3.63, 3.8) is 0 Å². The first-order valence-corrected chi connectivity index (χ1v) is 8.05. The van der Waals surface area contributed by atoms with E-state index in [-0.39, 0.29) is 0 Å². The molecule has 4 heteroatoms. The van der Waals surface area contributed by atoms with Gasteiger partial charge in [0.2, 0.25) is 0 Å². The maximum absolute atomic E-state index is 10.4. The molecule has 0 saturated heterocycles. The molecule has 0 radical (unpaired) electrons. The minimum atomic E-state index is 0.316. The molecule has 0 aliphatic rings. The van der Waals surface area contributed by atoms with Gasteiger partial charge in [-0.2, -0.15) is 0 Å². The number of halogens is 1. The summed E-state index contributed by atoms with van der Waals surface area (Å²) in [5.41, 5.74) is 4.72. The highest BCUT2D eigenvalue weighted by Crippen LogP contribution is 2.31. The molecule has 1 aromatic heterocycles. The predicted octanol–water partition coefficient (Wildman–Crippen LogP) is 4.38. The average Bonchev–Trinajstić information content (AvgIpc) is 2.85. The molecule has 0 aliphatic heterocycles. The largest absolute Gasteiger partial charge is 0.463 e. The summed E-state index contributed by atoms with van der Waals surface area (Å²) < 4.78 is 7.18. The summed E-state index contributed by atoms with van der Waals surface area (Å²) in [6.07, 6.45) is 0. The minimum Gasteiger partial charge on any atom is -0.463 e. The van der Waals surface area contributed by atoms with Crippen molar-refractivity contribution in [3.05, 3.63) is 47.5 Å². The molecule has 0 amide bonds. The van der Waals surface area contributed by atoms with Gasteiger partial charge in [0.25, 0.3) is 6.47 Å². The highest BCUT2D eigenvalue weighted by atomic mass is 79.9. The quantitative estimate of drug-likeness (QED) is 0.507. The van der Waals surface area contributed by atoms with Gasteiger partial charge in [-0.1, -0.05) is 28.1 Å². The van der Waals surface area contributed by atoms with E-state index in [1.54, 1.807) is 0 Å². The van der Waals surface area contributed by atoms with Crippen LogP contribution in [-0.2, 0) is 28.0 Å². The van der Waals surface area contributed by atoms with Crippen molar-refractivity contribution in [3.8, 4) is 0 Å². The van der Waals surface area contributed by atoms with Crippen LogP contribution in [0, 0.1) is 0 Å². The van der Waals surface area contributed by atoms with Gasteiger partial charge in [0.15, 0.2) is 0 Å². The number of aryl methyl sites for hydroxylation is 1. The Morgan fingerprint density at radius 2 is 1.71 bits per heavy atom. The zero-order valence-electron chi connectivity index (χ0n) is 11.8. The average molecular weight is 346 g/mol. The lowest BCUT2D eigenvalue weighted by atomic mass is 10.1. The lowest BCUT2D eigenvalue weighted by molar-refractivity contribution is -0.129. The molecular formula is C17H16BrNO2. The van der Waals surface area contributed by atoms with Crippen LogP contribution in [0.1, 0.15) is 18.1 Å². The monoisotopic (exact) mass is 345 g/mol. The van der Waals surface area contributed by atoms with E-state index in [1.807, 2.05) is 6.07 Å². The van der Waals surface area contributed by atoms with Crippen LogP contribution in [0.4, 0.5) is 0 Å². The SMILES string of the molecule is CCn1c2ccc(CBr)cc2c2cc(COC=O)ccc21. The van der Waals surface area contributed by atoms with Gasteiger partial charge < -0.3 is 9.30 Å². The number of fused-ring (bicyclic) bond motifs is 3. The van der Waals surface area contributed by atoms with E-state index in [1.165, 1.54) is 27.4 Å². The van der Waals surface area contributed by atoms with E-state index in [4.69, 9.17) is 4.74 Å². The Kier molecular flexibility index (Phi) is 3.97.